The van der Waals surface area contributed by atoms with Gasteiger partial charge in [-0.2, -0.15) is 0 Å². The van der Waals surface area contributed by atoms with Gasteiger partial charge in [0.2, 0.25) is 0 Å². The second-order valence-corrected chi connectivity index (χ2v) is 5.62. The Balaban J connectivity index is 2.39. The van der Waals surface area contributed by atoms with Crippen LogP contribution >= 0.6 is 15.9 Å². The highest BCUT2D eigenvalue weighted by Gasteiger charge is 2.10. The fraction of sp³-hybridized carbons (Fsp3) is 0.200. The summed E-state index contributed by atoms with van der Waals surface area (Å²) in [4.78, 5) is 10.6. The molecule has 6 heteroatoms. The minimum absolute atomic E-state index is 0.0508. The molecule has 0 fully saturated rings. The average molecular weight is 350 g/mol. The van der Waals surface area contributed by atoms with Gasteiger partial charge in [0, 0.05) is 40.7 Å². The molecule has 0 radical (unpaired) electrons. The molecule has 0 spiro atoms. The molecule has 0 aliphatic rings. The second kappa shape index (κ2) is 6.13. The highest BCUT2D eigenvalue weighted by Crippen LogP contribution is 2.30. The van der Waals surface area contributed by atoms with Crippen molar-refractivity contribution in [2.75, 3.05) is 17.7 Å². The molecule has 0 amide bonds. The molecule has 2 aromatic carbocycles. The first kappa shape index (κ1) is 15.3. The van der Waals surface area contributed by atoms with Crippen molar-refractivity contribution in [1.82, 2.24) is 0 Å². The Kier molecular flexibility index (Phi) is 4.47. The summed E-state index contributed by atoms with van der Waals surface area (Å²) >= 11 is 3.53. The van der Waals surface area contributed by atoms with E-state index in [0.29, 0.717) is 11.4 Å². The third-order valence-electron chi connectivity index (χ3n) is 3.14. The van der Waals surface area contributed by atoms with Crippen LogP contribution in [0, 0.1) is 24.0 Å². The third kappa shape index (κ3) is 3.52. The van der Waals surface area contributed by atoms with Gasteiger partial charge in [0.25, 0.3) is 5.69 Å². The Morgan fingerprint density at radius 1 is 1.00 bits per heavy atom. The van der Waals surface area contributed by atoms with Gasteiger partial charge >= 0.3 is 0 Å². The molecule has 5 nitrogen and oxygen atoms in total. The topological polar surface area (TPSA) is 67.2 Å². The van der Waals surface area contributed by atoms with Gasteiger partial charge in [-0.3, -0.25) is 10.1 Å². The van der Waals surface area contributed by atoms with Crippen molar-refractivity contribution in [1.29, 1.82) is 0 Å². The summed E-state index contributed by atoms with van der Waals surface area (Å²) in [6.45, 7) is 4.02. The molecule has 0 aliphatic carbocycles. The summed E-state index contributed by atoms with van der Waals surface area (Å²) in [5.74, 6) is 0. The summed E-state index contributed by atoms with van der Waals surface area (Å²) in [5, 5.41) is 17.1. The number of non-ortho nitro benzene ring substituents is 1. The number of aryl methyl sites for hydroxylation is 2. The molecule has 0 saturated carbocycles. The Bertz CT molecular complexity index is 678. The molecule has 0 saturated heterocycles. The molecular weight excluding hydrogens is 334 g/mol. The first-order valence-corrected chi connectivity index (χ1v) is 7.21. The fourth-order valence-corrected chi connectivity index (χ4v) is 2.35. The molecule has 21 heavy (non-hydrogen) atoms. The maximum atomic E-state index is 11.0. The van der Waals surface area contributed by atoms with Crippen molar-refractivity contribution in [3.05, 3.63) is 56.0 Å². The van der Waals surface area contributed by atoms with Crippen LogP contribution in [0.25, 0.3) is 0 Å². The van der Waals surface area contributed by atoms with E-state index in [-0.39, 0.29) is 5.69 Å². The smallest absolute Gasteiger partial charge is 0.273 e. The summed E-state index contributed by atoms with van der Waals surface area (Å²) in [7, 11) is 1.73. The first-order valence-electron chi connectivity index (χ1n) is 6.41. The number of hydrogen-bond acceptors (Lipinski definition) is 4. The predicted octanol–water partition coefficient (Wildman–Crippen LogP) is 4.76. The zero-order chi connectivity index (χ0) is 15.6. The summed E-state index contributed by atoms with van der Waals surface area (Å²) < 4.78 is 1.07. The molecule has 2 aromatic rings. The molecule has 0 bridgehead atoms. The lowest BCUT2D eigenvalue weighted by Crippen LogP contribution is -1.97. The van der Waals surface area contributed by atoms with E-state index in [4.69, 9.17) is 0 Å². The second-order valence-electron chi connectivity index (χ2n) is 4.82. The first-order chi connectivity index (χ1) is 9.90. The lowest BCUT2D eigenvalue weighted by atomic mass is 10.1. The molecule has 2 rings (SSSR count). The van der Waals surface area contributed by atoms with Crippen molar-refractivity contribution in [2.24, 2.45) is 0 Å². The monoisotopic (exact) mass is 349 g/mol. The standard InChI is InChI=1S/C15H16BrN3O2/c1-9-4-12(5-10(2)15(9)16)18-13-6-11(17-3)7-14(8-13)19(20)21/h4-8,17-18H,1-3H3. The van der Waals surface area contributed by atoms with Crippen LogP contribution in [-0.2, 0) is 0 Å². The van der Waals surface area contributed by atoms with Gasteiger partial charge in [0.15, 0.2) is 0 Å². The maximum Gasteiger partial charge on any atom is 0.273 e. The molecule has 0 atom stereocenters. The van der Waals surface area contributed by atoms with Gasteiger partial charge in [-0.15, -0.1) is 0 Å². The number of rotatable bonds is 4. The Labute approximate surface area is 131 Å². The van der Waals surface area contributed by atoms with Crippen LogP contribution in [0.4, 0.5) is 22.7 Å². The normalized spacial score (nSPS) is 10.3. The van der Waals surface area contributed by atoms with Gasteiger partial charge in [-0.05, 0) is 43.2 Å². The van der Waals surface area contributed by atoms with Crippen LogP contribution in [0.15, 0.2) is 34.8 Å². The highest BCUT2D eigenvalue weighted by molar-refractivity contribution is 9.10. The quantitative estimate of drug-likeness (QED) is 0.616. The maximum absolute atomic E-state index is 11.0. The highest BCUT2D eigenvalue weighted by atomic mass is 79.9. The molecule has 0 aliphatic heterocycles. The number of nitro benzene ring substituents is 1. The SMILES string of the molecule is CNc1cc(Nc2cc(C)c(Br)c(C)c2)cc([N+](=O)[O-])c1. The minimum Gasteiger partial charge on any atom is -0.388 e. The van der Waals surface area contributed by atoms with E-state index in [9.17, 15) is 10.1 Å². The molecule has 0 heterocycles. The molecule has 110 valence electrons. The van der Waals surface area contributed by atoms with Crippen molar-refractivity contribution >= 4 is 38.7 Å². The number of anilines is 3. The van der Waals surface area contributed by atoms with Gasteiger partial charge in [0.05, 0.1) is 4.92 Å². The van der Waals surface area contributed by atoms with Crippen LogP contribution < -0.4 is 10.6 Å². The predicted molar refractivity (Wildman–Crippen MR) is 89.5 cm³/mol. The molecule has 2 N–H and O–H groups in total. The van der Waals surface area contributed by atoms with Crippen molar-refractivity contribution in [3.8, 4) is 0 Å². The number of nitro groups is 1. The van der Waals surface area contributed by atoms with E-state index in [0.717, 1.165) is 21.3 Å². The third-order valence-corrected chi connectivity index (χ3v) is 4.39. The Morgan fingerprint density at radius 2 is 1.52 bits per heavy atom. The number of benzene rings is 2. The van der Waals surface area contributed by atoms with E-state index in [1.54, 1.807) is 7.05 Å². The van der Waals surface area contributed by atoms with Gasteiger partial charge < -0.3 is 10.6 Å². The van der Waals surface area contributed by atoms with E-state index in [2.05, 4.69) is 26.6 Å². The Morgan fingerprint density at radius 3 is 2.05 bits per heavy atom. The van der Waals surface area contributed by atoms with Crippen molar-refractivity contribution in [3.63, 3.8) is 0 Å². The summed E-state index contributed by atoms with van der Waals surface area (Å²) in [5.41, 5.74) is 4.53. The van der Waals surface area contributed by atoms with Gasteiger partial charge in [0.1, 0.15) is 0 Å². The number of halogens is 1. The number of nitrogens with zero attached hydrogens (tertiary/aromatic N) is 1. The van der Waals surface area contributed by atoms with Crippen LogP contribution in [0.3, 0.4) is 0 Å². The minimum atomic E-state index is -0.399. The van der Waals surface area contributed by atoms with Gasteiger partial charge in [-0.25, -0.2) is 0 Å². The molecular formula is C15H16BrN3O2. The van der Waals surface area contributed by atoms with E-state index >= 15 is 0 Å². The number of nitrogens with one attached hydrogen (secondary N) is 2. The number of hydrogen-bond donors (Lipinski definition) is 2. The van der Waals surface area contributed by atoms with E-state index in [1.165, 1.54) is 12.1 Å². The summed E-state index contributed by atoms with van der Waals surface area (Å²) in [6.07, 6.45) is 0. The average Bonchev–Trinajstić information content (AvgIpc) is 2.44. The summed E-state index contributed by atoms with van der Waals surface area (Å²) in [6, 6.07) is 8.85. The lowest BCUT2D eigenvalue weighted by molar-refractivity contribution is -0.384. The van der Waals surface area contributed by atoms with Crippen LogP contribution in [0.1, 0.15) is 11.1 Å². The van der Waals surface area contributed by atoms with Crippen LogP contribution in [0.2, 0.25) is 0 Å². The van der Waals surface area contributed by atoms with Crippen molar-refractivity contribution in [2.45, 2.75) is 13.8 Å². The van der Waals surface area contributed by atoms with Crippen molar-refractivity contribution < 1.29 is 4.92 Å². The lowest BCUT2D eigenvalue weighted by Gasteiger charge is -2.12. The Hall–Kier alpha value is -2.08. The zero-order valence-corrected chi connectivity index (χ0v) is 13.6. The molecule has 0 unspecified atom stereocenters. The van der Waals surface area contributed by atoms with Crippen LogP contribution in [-0.4, -0.2) is 12.0 Å². The molecule has 0 aromatic heterocycles. The van der Waals surface area contributed by atoms with E-state index < -0.39 is 4.92 Å². The van der Waals surface area contributed by atoms with E-state index in [1.807, 2.05) is 32.0 Å². The van der Waals surface area contributed by atoms with Gasteiger partial charge in [-0.1, -0.05) is 15.9 Å². The zero-order valence-electron chi connectivity index (χ0n) is 12.0. The van der Waals surface area contributed by atoms with Crippen LogP contribution in [0.5, 0.6) is 0 Å². The largest absolute Gasteiger partial charge is 0.388 e. The fourth-order valence-electron chi connectivity index (χ4n) is 2.12.